The summed E-state index contributed by atoms with van der Waals surface area (Å²) in [7, 11) is 0. The van der Waals surface area contributed by atoms with E-state index in [4.69, 9.17) is 23.7 Å². The van der Waals surface area contributed by atoms with E-state index in [2.05, 4.69) is 0 Å². The van der Waals surface area contributed by atoms with Crippen molar-refractivity contribution in [3.8, 4) is 0 Å². The zero-order chi connectivity index (χ0) is 25.3. The SMILES string of the molecule is OC[C@H]1O[C@@H](O[C@H]2[C@H](O)[C@@H](O[C@H]3O[C@H](CO)[C@@H](O)[C@H](O)[C@H]3O)[C@@H](O)O[C@@H]2CO)[C@H](O)[C@@H](O)[C@H]1O. The van der Waals surface area contributed by atoms with Crippen LogP contribution in [0, 0.1) is 0 Å². The summed E-state index contributed by atoms with van der Waals surface area (Å²) in [4.78, 5) is 0. The maximum Gasteiger partial charge on any atom is 0.187 e. The highest BCUT2D eigenvalue weighted by atomic mass is 16.8. The van der Waals surface area contributed by atoms with Crippen molar-refractivity contribution < 1.29 is 79.9 Å². The van der Waals surface area contributed by atoms with E-state index in [-0.39, 0.29) is 0 Å². The molecule has 3 saturated heterocycles. The van der Waals surface area contributed by atoms with E-state index in [1.165, 1.54) is 0 Å². The highest BCUT2D eigenvalue weighted by molar-refractivity contribution is 4.96. The number of hydrogen-bond donors (Lipinski definition) is 11. The Morgan fingerprint density at radius 2 is 0.853 bits per heavy atom. The van der Waals surface area contributed by atoms with Gasteiger partial charge >= 0.3 is 0 Å². The first-order chi connectivity index (χ1) is 16.0. The highest BCUT2D eigenvalue weighted by Gasteiger charge is 2.53. The van der Waals surface area contributed by atoms with E-state index in [1.807, 2.05) is 0 Å². The summed E-state index contributed by atoms with van der Waals surface area (Å²) in [5, 5.41) is 109. The third-order valence-corrected chi connectivity index (χ3v) is 6.09. The number of ether oxygens (including phenoxy) is 5. The molecule has 3 rings (SSSR count). The first-order valence-corrected chi connectivity index (χ1v) is 10.6. The molecule has 15 atom stereocenters. The van der Waals surface area contributed by atoms with Gasteiger partial charge in [0.15, 0.2) is 18.9 Å². The topological polar surface area (TPSA) is 269 Å². The van der Waals surface area contributed by atoms with Crippen molar-refractivity contribution in [2.75, 3.05) is 19.8 Å². The van der Waals surface area contributed by atoms with Crippen LogP contribution >= 0.6 is 0 Å². The Balaban J connectivity index is 1.76. The monoisotopic (exact) mass is 504 g/mol. The maximum absolute atomic E-state index is 10.8. The van der Waals surface area contributed by atoms with Gasteiger partial charge in [-0.1, -0.05) is 0 Å². The van der Waals surface area contributed by atoms with Gasteiger partial charge in [-0.15, -0.1) is 0 Å². The van der Waals surface area contributed by atoms with Crippen molar-refractivity contribution in [3.05, 3.63) is 0 Å². The number of hydrogen-bond acceptors (Lipinski definition) is 16. The van der Waals surface area contributed by atoms with E-state index >= 15 is 0 Å². The lowest BCUT2D eigenvalue weighted by Crippen LogP contribution is -2.66. The minimum Gasteiger partial charge on any atom is -0.394 e. The second-order valence-electron chi connectivity index (χ2n) is 8.33. The lowest BCUT2D eigenvalue weighted by Gasteiger charge is -2.47. The van der Waals surface area contributed by atoms with Crippen LogP contribution in [0.15, 0.2) is 0 Å². The van der Waals surface area contributed by atoms with Gasteiger partial charge in [0.25, 0.3) is 0 Å². The molecular formula is C18H32O16. The van der Waals surface area contributed by atoms with Crippen molar-refractivity contribution in [1.29, 1.82) is 0 Å². The number of aliphatic hydroxyl groups excluding tert-OH is 11. The van der Waals surface area contributed by atoms with E-state index in [9.17, 15) is 56.2 Å². The Bertz CT molecular complexity index is 637. The zero-order valence-electron chi connectivity index (χ0n) is 17.7. The average Bonchev–Trinajstić information content (AvgIpc) is 2.82. The second-order valence-corrected chi connectivity index (χ2v) is 8.33. The molecule has 0 bridgehead atoms. The first-order valence-electron chi connectivity index (χ1n) is 10.6. The first kappa shape index (κ1) is 27.9. The molecule has 3 heterocycles. The molecule has 0 spiro atoms. The Labute approximate surface area is 192 Å². The van der Waals surface area contributed by atoms with Crippen LogP contribution in [0.1, 0.15) is 0 Å². The van der Waals surface area contributed by atoms with Gasteiger partial charge < -0.3 is 79.9 Å². The molecule has 0 radical (unpaired) electrons. The van der Waals surface area contributed by atoms with Crippen LogP contribution in [0.4, 0.5) is 0 Å². The third kappa shape index (κ3) is 5.37. The third-order valence-electron chi connectivity index (χ3n) is 6.09. The van der Waals surface area contributed by atoms with E-state index in [0.717, 1.165) is 0 Å². The average molecular weight is 504 g/mol. The normalized spacial score (nSPS) is 52.5. The quantitative estimate of drug-likeness (QED) is 0.154. The van der Waals surface area contributed by atoms with Gasteiger partial charge in [0, 0.05) is 0 Å². The molecule has 0 aliphatic carbocycles. The van der Waals surface area contributed by atoms with Crippen LogP contribution in [-0.2, 0) is 23.7 Å². The summed E-state index contributed by atoms with van der Waals surface area (Å²) in [5.74, 6) is 0. The van der Waals surface area contributed by atoms with Crippen molar-refractivity contribution in [2.24, 2.45) is 0 Å². The van der Waals surface area contributed by atoms with Gasteiger partial charge in [0.05, 0.1) is 19.8 Å². The molecule has 0 aromatic heterocycles. The molecule has 11 N–H and O–H groups in total. The van der Waals surface area contributed by atoms with Gasteiger partial charge in [0.1, 0.15) is 73.2 Å². The zero-order valence-corrected chi connectivity index (χ0v) is 17.7. The smallest absolute Gasteiger partial charge is 0.187 e. The van der Waals surface area contributed by atoms with Crippen molar-refractivity contribution in [3.63, 3.8) is 0 Å². The fourth-order valence-corrected chi connectivity index (χ4v) is 4.04. The molecule has 3 aliphatic rings. The van der Waals surface area contributed by atoms with Gasteiger partial charge in [-0.25, -0.2) is 0 Å². The molecule has 200 valence electrons. The van der Waals surface area contributed by atoms with E-state index in [0.29, 0.717) is 0 Å². The van der Waals surface area contributed by atoms with E-state index < -0.39 is 112 Å². The molecular weight excluding hydrogens is 472 g/mol. The highest BCUT2D eigenvalue weighted by Crippen LogP contribution is 2.32. The molecule has 0 aromatic rings. The van der Waals surface area contributed by atoms with E-state index in [1.54, 1.807) is 0 Å². The Kier molecular flexibility index (Phi) is 9.54. The molecule has 3 fully saturated rings. The summed E-state index contributed by atoms with van der Waals surface area (Å²) in [6.07, 6.45) is -25.4. The molecule has 0 aromatic carbocycles. The minimum atomic E-state index is -1.92. The Hall–Kier alpha value is -0.640. The summed E-state index contributed by atoms with van der Waals surface area (Å²) in [6, 6.07) is 0. The maximum atomic E-state index is 10.8. The lowest BCUT2D eigenvalue weighted by molar-refractivity contribution is -0.382. The van der Waals surface area contributed by atoms with Crippen molar-refractivity contribution in [2.45, 2.75) is 92.1 Å². The standard InChI is InChI=1S/C18H32O16/c19-1-4-7(22)9(24)11(26)17(31-4)33-14-6(3-21)30-16(29)15(13(14)28)34-18-12(27)10(25)8(23)5(2-20)32-18/h4-29H,1-3H2/t4-,5-,6-,7+,8-,9+,10+,11-,12-,13+,14-,15-,16+,17+,18-/m1/s1. The fourth-order valence-electron chi connectivity index (χ4n) is 4.04. The number of rotatable bonds is 7. The van der Waals surface area contributed by atoms with Crippen LogP contribution in [-0.4, -0.2) is 168 Å². The molecule has 0 amide bonds. The predicted molar refractivity (Wildman–Crippen MR) is 101 cm³/mol. The summed E-state index contributed by atoms with van der Waals surface area (Å²) in [6.45, 7) is -2.31. The number of aliphatic hydroxyl groups is 11. The molecule has 16 heteroatoms. The van der Waals surface area contributed by atoms with Gasteiger partial charge in [-0.2, -0.15) is 0 Å². The molecule has 0 saturated carbocycles. The minimum absolute atomic E-state index is 0.750. The molecule has 34 heavy (non-hydrogen) atoms. The second kappa shape index (κ2) is 11.6. The van der Waals surface area contributed by atoms with Crippen molar-refractivity contribution in [1.82, 2.24) is 0 Å². The van der Waals surface area contributed by atoms with Gasteiger partial charge in [0.2, 0.25) is 0 Å². The van der Waals surface area contributed by atoms with Crippen LogP contribution in [0.5, 0.6) is 0 Å². The fraction of sp³-hybridized carbons (Fsp3) is 1.00. The Morgan fingerprint density at radius 3 is 1.26 bits per heavy atom. The van der Waals surface area contributed by atoms with Crippen LogP contribution in [0.3, 0.4) is 0 Å². The van der Waals surface area contributed by atoms with Crippen LogP contribution in [0.2, 0.25) is 0 Å². The van der Waals surface area contributed by atoms with Gasteiger partial charge in [-0.3, -0.25) is 0 Å². The largest absolute Gasteiger partial charge is 0.394 e. The molecule has 3 aliphatic heterocycles. The molecule has 0 unspecified atom stereocenters. The Morgan fingerprint density at radius 1 is 0.441 bits per heavy atom. The lowest BCUT2D eigenvalue weighted by atomic mass is 9.96. The van der Waals surface area contributed by atoms with Gasteiger partial charge in [-0.05, 0) is 0 Å². The van der Waals surface area contributed by atoms with Crippen molar-refractivity contribution >= 4 is 0 Å². The van der Waals surface area contributed by atoms with Crippen LogP contribution in [0.25, 0.3) is 0 Å². The summed E-state index contributed by atoms with van der Waals surface area (Å²) < 4.78 is 26.4. The predicted octanol–water partition coefficient (Wildman–Crippen LogP) is -7.57. The molecule has 16 nitrogen and oxygen atoms in total. The van der Waals surface area contributed by atoms with Crippen LogP contribution < -0.4 is 0 Å². The summed E-state index contributed by atoms with van der Waals surface area (Å²) in [5.41, 5.74) is 0. The summed E-state index contributed by atoms with van der Waals surface area (Å²) >= 11 is 0.